The monoisotopic (exact) mass is 283 g/mol. The SMILES string of the molecule is O=C(O)CCN(C(=O)NCC(=O)N1CCCC1)C1CC1. The van der Waals surface area contributed by atoms with Crippen molar-refractivity contribution in [3.8, 4) is 0 Å². The van der Waals surface area contributed by atoms with Gasteiger partial charge in [0.2, 0.25) is 5.91 Å². The van der Waals surface area contributed by atoms with Crippen molar-refractivity contribution in [2.24, 2.45) is 0 Å². The predicted octanol–water partition coefficient (Wildman–Crippen LogP) is 0.258. The highest BCUT2D eigenvalue weighted by molar-refractivity contribution is 5.84. The van der Waals surface area contributed by atoms with E-state index in [1.807, 2.05) is 0 Å². The van der Waals surface area contributed by atoms with Gasteiger partial charge < -0.3 is 20.2 Å². The number of rotatable bonds is 6. The summed E-state index contributed by atoms with van der Waals surface area (Å²) in [5, 5.41) is 11.3. The van der Waals surface area contributed by atoms with Crippen LogP contribution >= 0.6 is 0 Å². The number of amides is 3. The van der Waals surface area contributed by atoms with Gasteiger partial charge in [-0.05, 0) is 25.7 Å². The fraction of sp³-hybridized carbons (Fsp3) is 0.769. The summed E-state index contributed by atoms with van der Waals surface area (Å²) in [4.78, 5) is 37.7. The van der Waals surface area contributed by atoms with Crippen LogP contribution < -0.4 is 5.32 Å². The Kier molecular flexibility index (Phi) is 4.81. The lowest BCUT2D eigenvalue weighted by molar-refractivity contribution is -0.137. The zero-order valence-electron chi connectivity index (χ0n) is 11.5. The lowest BCUT2D eigenvalue weighted by Gasteiger charge is -2.23. The van der Waals surface area contributed by atoms with Crippen molar-refractivity contribution in [1.29, 1.82) is 0 Å². The average molecular weight is 283 g/mol. The van der Waals surface area contributed by atoms with E-state index in [0.29, 0.717) is 0 Å². The van der Waals surface area contributed by atoms with Crippen LogP contribution in [0, 0.1) is 0 Å². The smallest absolute Gasteiger partial charge is 0.318 e. The van der Waals surface area contributed by atoms with E-state index < -0.39 is 5.97 Å². The molecule has 0 bridgehead atoms. The molecule has 1 aliphatic heterocycles. The molecule has 20 heavy (non-hydrogen) atoms. The van der Waals surface area contributed by atoms with Crippen LogP contribution in [0.4, 0.5) is 4.79 Å². The van der Waals surface area contributed by atoms with Crippen molar-refractivity contribution in [2.75, 3.05) is 26.2 Å². The first-order chi connectivity index (χ1) is 9.58. The van der Waals surface area contributed by atoms with E-state index in [4.69, 9.17) is 5.11 Å². The number of urea groups is 1. The third-order valence-corrected chi connectivity index (χ3v) is 3.66. The Hall–Kier alpha value is -1.79. The van der Waals surface area contributed by atoms with Gasteiger partial charge in [-0.2, -0.15) is 0 Å². The van der Waals surface area contributed by atoms with Crippen LogP contribution in [-0.2, 0) is 9.59 Å². The third-order valence-electron chi connectivity index (χ3n) is 3.66. The maximum Gasteiger partial charge on any atom is 0.318 e. The molecule has 0 atom stereocenters. The summed E-state index contributed by atoms with van der Waals surface area (Å²) >= 11 is 0. The van der Waals surface area contributed by atoms with Gasteiger partial charge in [0.1, 0.15) is 0 Å². The fourth-order valence-electron chi connectivity index (χ4n) is 2.38. The van der Waals surface area contributed by atoms with Crippen LogP contribution in [0.2, 0.25) is 0 Å². The van der Waals surface area contributed by atoms with Gasteiger partial charge in [-0.3, -0.25) is 9.59 Å². The van der Waals surface area contributed by atoms with E-state index in [0.717, 1.165) is 38.8 Å². The van der Waals surface area contributed by atoms with Gasteiger partial charge in [0, 0.05) is 25.7 Å². The van der Waals surface area contributed by atoms with Gasteiger partial charge in [-0.25, -0.2) is 4.79 Å². The number of hydrogen-bond donors (Lipinski definition) is 2. The zero-order valence-corrected chi connectivity index (χ0v) is 11.5. The number of aliphatic carboxylic acids is 1. The van der Waals surface area contributed by atoms with Gasteiger partial charge in [0.05, 0.1) is 13.0 Å². The van der Waals surface area contributed by atoms with Crippen LogP contribution in [0.1, 0.15) is 32.1 Å². The molecule has 3 amide bonds. The largest absolute Gasteiger partial charge is 0.481 e. The van der Waals surface area contributed by atoms with E-state index in [1.165, 1.54) is 4.90 Å². The highest BCUT2D eigenvalue weighted by Crippen LogP contribution is 2.26. The standard InChI is InChI=1S/C13H21N3O4/c17-11(15-6-1-2-7-15)9-14-13(20)16(10-3-4-10)8-5-12(18)19/h10H,1-9H2,(H,14,20)(H,18,19). The highest BCUT2D eigenvalue weighted by atomic mass is 16.4. The van der Waals surface area contributed by atoms with Crippen molar-refractivity contribution in [3.05, 3.63) is 0 Å². The van der Waals surface area contributed by atoms with E-state index in [-0.39, 0.29) is 37.5 Å². The highest BCUT2D eigenvalue weighted by Gasteiger charge is 2.33. The molecule has 0 radical (unpaired) electrons. The van der Waals surface area contributed by atoms with Crippen molar-refractivity contribution in [2.45, 2.75) is 38.1 Å². The van der Waals surface area contributed by atoms with Gasteiger partial charge in [0.25, 0.3) is 0 Å². The molecule has 2 fully saturated rings. The Morgan fingerprint density at radius 1 is 1.20 bits per heavy atom. The summed E-state index contributed by atoms with van der Waals surface area (Å²) in [6, 6.07) is -0.197. The normalized spacial score (nSPS) is 17.9. The molecule has 1 saturated carbocycles. The number of nitrogens with one attached hydrogen (secondary N) is 1. The zero-order chi connectivity index (χ0) is 14.5. The Bertz CT molecular complexity index is 389. The summed E-state index contributed by atoms with van der Waals surface area (Å²) < 4.78 is 0. The molecule has 2 rings (SSSR count). The molecule has 0 aromatic rings. The van der Waals surface area contributed by atoms with Crippen molar-refractivity contribution < 1.29 is 19.5 Å². The lowest BCUT2D eigenvalue weighted by atomic mass is 10.4. The molecule has 112 valence electrons. The number of hydrogen-bond acceptors (Lipinski definition) is 3. The number of carboxylic acids is 1. The average Bonchev–Trinajstić information content (AvgIpc) is 3.08. The van der Waals surface area contributed by atoms with Crippen LogP contribution in [0.15, 0.2) is 0 Å². The number of nitrogens with zero attached hydrogens (tertiary/aromatic N) is 2. The minimum atomic E-state index is -0.920. The Morgan fingerprint density at radius 2 is 1.85 bits per heavy atom. The Morgan fingerprint density at radius 3 is 2.40 bits per heavy atom. The quantitative estimate of drug-likeness (QED) is 0.731. The van der Waals surface area contributed by atoms with Crippen molar-refractivity contribution in [3.63, 3.8) is 0 Å². The number of carbonyl (C=O) groups is 3. The molecule has 0 spiro atoms. The topological polar surface area (TPSA) is 90.0 Å². The summed E-state index contributed by atoms with van der Waals surface area (Å²) in [5.74, 6) is -0.985. The minimum absolute atomic E-state index is 0.00484. The predicted molar refractivity (Wildman–Crippen MR) is 71.2 cm³/mol. The molecule has 1 heterocycles. The lowest BCUT2D eigenvalue weighted by Crippen LogP contribution is -2.46. The first kappa shape index (κ1) is 14.6. The van der Waals surface area contributed by atoms with Crippen LogP contribution in [0.25, 0.3) is 0 Å². The number of carboxylic acid groups (broad SMARTS) is 1. The summed E-state index contributed by atoms with van der Waals surface area (Å²) in [5.41, 5.74) is 0. The van der Waals surface area contributed by atoms with Gasteiger partial charge >= 0.3 is 12.0 Å². The van der Waals surface area contributed by atoms with E-state index in [2.05, 4.69) is 5.32 Å². The molecule has 7 heteroatoms. The second-order valence-electron chi connectivity index (χ2n) is 5.31. The van der Waals surface area contributed by atoms with Crippen LogP contribution in [0.5, 0.6) is 0 Å². The molecule has 0 aromatic heterocycles. The molecule has 1 saturated heterocycles. The molecular weight excluding hydrogens is 262 g/mol. The van der Waals surface area contributed by atoms with Crippen molar-refractivity contribution >= 4 is 17.9 Å². The summed E-state index contributed by atoms with van der Waals surface area (Å²) in [7, 11) is 0. The molecule has 2 aliphatic rings. The molecule has 1 aliphatic carbocycles. The minimum Gasteiger partial charge on any atom is -0.481 e. The first-order valence-corrected chi connectivity index (χ1v) is 7.12. The van der Waals surface area contributed by atoms with Gasteiger partial charge in [0.15, 0.2) is 0 Å². The molecule has 0 aromatic carbocycles. The van der Waals surface area contributed by atoms with Gasteiger partial charge in [-0.15, -0.1) is 0 Å². The van der Waals surface area contributed by atoms with E-state index >= 15 is 0 Å². The second-order valence-corrected chi connectivity index (χ2v) is 5.31. The molecule has 2 N–H and O–H groups in total. The Labute approximate surface area is 117 Å². The van der Waals surface area contributed by atoms with Crippen LogP contribution in [0.3, 0.4) is 0 Å². The van der Waals surface area contributed by atoms with E-state index in [1.54, 1.807) is 4.90 Å². The van der Waals surface area contributed by atoms with E-state index in [9.17, 15) is 14.4 Å². The maximum atomic E-state index is 12.0. The molecular formula is C13H21N3O4. The number of carbonyl (C=O) groups excluding carboxylic acids is 2. The second kappa shape index (κ2) is 6.58. The Balaban J connectivity index is 1.76. The van der Waals surface area contributed by atoms with Crippen LogP contribution in [-0.4, -0.2) is 65.0 Å². The first-order valence-electron chi connectivity index (χ1n) is 7.12. The summed E-state index contributed by atoms with van der Waals surface area (Å²) in [6.07, 6.45) is 3.79. The summed E-state index contributed by atoms with van der Waals surface area (Å²) in [6.45, 7) is 1.72. The maximum absolute atomic E-state index is 12.0. The molecule has 0 unspecified atom stereocenters. The van der Waals surface area contributed by atoms with Gasteiger partial charge in [-0.1, -0.05) is 0 Å². The fourth-order valence-corrected chi connectivity index (χ4v) is 2.38. The van der Waals surface area contributed by atoms with Crippen molar-refractivity contribution in [1.82, 2.24) is 15.1 Å². The number of likely N-dealkylation sites (tertiary alicyclic amines) is 1. The molecule has 7 nitrogen and oxygen atoms in total. The third kappa shape index (κ3) is 4.11.